The van der Waals surface area contributed by atoms with E-state index in [0.717, 1.165) is 0 Å². The number of carbonyl (C=O) groups is 1. The second-order valence-corrected chi connectivity index (χ2v) is 6.25. The van der Waals surface area contributed by atoms with E-state index in [0.29, 0.717) is 22.6 Å². The molecule has 86 valence electrons. The van der Waals surface area contributed by atoms with Crippen molar-refractivity contribution in [2.45, 2.75) is 6.92 Å². The quantitative estimate of drug-likeness (QED) is 0.140. The largest absolute Gasteiger partial charge is 0.298 e. The van der Waals surface area contributed by atoms with Crippen LogP contribution < -0.4 is 0 Å². The Kier molecular flexibility index (Phi) is 4.90. The van der Waals surface area contributed by atoms with Gasteiger partial charge >= 0.3 is 0 Å². The molecule has 0 saturated carbocycles. The van der Waals surface area contributed by atoms with Crippen LogP contribution in [0.2, 0.25) is 0 Å². The van der Waals surface area contributed by atoms with Crippen LogP contribution in [0.5, 0.6) is 0 Å². The van der Waals surface area contributed by atoms with E-state index in [9.17, 15) is 14.9 Å². The van der Waals surface area contributed by atoms with Crippen molar-refractivity contribution in [3.63, 3.8) is 0 Å². The zero-order chi connectivity index (χ0) is 12.6. The molecule has 0 saturated heterocycles. The van der Waals surface area contributed by atoms with Gasteiger partial charge in [0, 0.05) is 4.47 Å². The summed E-state index contributed by atoms with van der Waals surface area (Å²) in [6.07, 6.45) is 0. The molecule has 0 fully saturated rings. The van der Waals surface area contributed by atoms with Crippen LogP contribution in [0.25, 0.3) is 0 Å². The van der Waals surface area contributed by atoms with E-state index in [4.69, 9.17) is 0 Å². The molecule has 0 bridgehead atoms. The number of nitrogens with zero attached hydrogens (tertiary/aromatic N) is 1. The van der Waals surface area contributed by atoms with Gasteiger partial charge in [0.2, 0.25) is 0 Å². The van der Waals surface area contributed by atoms with Gasteiger partial charge in [0.15, 0.2) is 5.78 Å². The minimum atomic E-state index is -0.518. The van der Waals surface area contributed by atoms with Gasteiger partial charge in [-0.15, -0.1) is 0 Å². The highest BCUT2D eigenvalue weighted by atomic mass is 127. The Hall–Kier alpha value is 0.460. The summed E-state index contributed by atoms with van der Waals surface area (Å²) in [6, 6.07) is 0. The first-order valence-corrected chi connectivity index (χ1v) is 7.26. The predicted octanol–water partition coefficient (Wildman–Crippen LogP) is 4.69. The molecule has 0 N–H and O–H groups in total. The Labute approximate surface area is 130 Å². The number of benzene rings is 1. The lowest BCUT2D eigenvalue weighted by molar-refractivity contribution is -0.386. The normalized spacial score (nSPS) is 10.3. The maximum absolute atomic E-state index is 11.4. The van der Waals surface area contributed by atoms with Gasteiger partial charge in [-0.05, 0) is 77.3 Å². The van der Waals surface area contributed by atoms with E-state index >= 15 is 0 Å². The number of hydrogen-bond donors (Lipinski definition) is 0. The molecule has 0 radical (unpaired) electrons. The highest BCUT2D eigenvalue weighted by Crippen LogP contribution is 2.43. The Bertz CT molecular complexity index is 463. The first-order chi connectivity index (χ1) is 7.29. The average Bonchev–Trinajstić information content (AvgIpc) is 2.13. The second-order valence-electron chi connectivity index (χ2n) is 2.79. The van der Waals surface area contributed by atoms with Crippen LogP contribution in [0.15, 0.2) is 13.4 Å². The van der Waals surface area contributed by atoms with Gasteiger partial charge < -0.3 is 0 Å². The topological polar surface area (TPSA) is 60.2 Å². The Morgan fingerprint density at radius 1 is 1.25 bits per heavy atom. The van der Waals surface area contributed by atoms with Gasteiger partial charge in [0.1, 0.15) is 8.04 Å². The van der Waals surface area contributed by atoms with Gasteiger partial charge in [-0.1, -0.05) is 0 Å². The fourth-order valence-electron chi connectivity index (χ4n) is 1.09. The molecule has 0 amide bonds. The highest BCUT2D eigenvalue weighted by molar-refractivity contribution is 14.1. The van der Waals surface area contributed by atoms with Crippen molar-refractivity contribution >= 4 is 81.9 Å². The molecule has 0 atom stereocenters. The molecule has 0 heterocycles. The van der Waals surface area contributed by atoms with Crippen molar-refractivity contribution in [3.05, 3.63) is 32.7 Å². The molecule has 1 aromatic carbocycles. The lowest BCUT2D eigenvalue weighted by Crippen LogP contribution is -2.04. The molecule has 0 aromatic heterocycles. The standard InChI is InChI=1S/C8H3Br3INO3/c1-2(14)3-4(9)5(10)6(11)8(7(3)12)13(15)16/h1H3. The lowest BCUT2D eigenvalue weighted by Gasteiger charge is -2.09. The van der Waals surface area contributed by atoms with Gasteiger partial charge in [0.05, 0.1) is 15.0 Å². The summed E-state index contributed by atoms with van der Waals surface area (Å²) >= 11 is 11.4. The Balaban J connectivity index is 3.80. The molecule has 0 unspecified atom stereocenters. The third-order valence-corrected chi connectivity index (χ3v) is 6.25. The summed E-state index contributed by atoms with van der Waals surface area (Å²) in [5.74, 6) is -0.229. The van der Waals surface area contributed by atoms with Crippen molar-refractivity contribution in [2.24, 2.45) is 0 Å². The van der Waals surface area contributed by atoms with Crippen molar-refractivity contribution in [3.8, 4) is 0 Å². The summed E-state index contributed by atoms with van der Waals surface area (Å²) in [7, 11) is 0. The van der Waals surface area contributed by atoms with Gasteiger partial charge in [-0.3, -0.25) is 14.9 Å². The van der Waals surface area contributed by atoms with Crippen molar-refractivity contribution in [2.75, 3.05) is 0 Å². The van der Waals surface area contributed by atoms with E-state index in [1.54, 1.807) is 22.6 Å². The first kappa shape index (κ1) is 14.5. The number of nitro groups is 1. The number of halogens is 4. The molecule has 1 aromatic rings. The highest BCUT2D eigenvalue weighted by Gasteiger charge is 2.28. The zero-order valence-electron chi connectivity index (χ0n) is 7.68. The monoisotopic (exact) mass is 525 g/mol. The molecular weight excluding hydrogens is 525 g/mol. The molecule has 4 nitrogen and oxygen atoms in total. The van der Waals surface area contributed by atoms with E-state index < -0.39 is 4.92 Å². The fourth-order valence-corrected chi connectivity index (χ4v) is 4.82. The van der Waals surface area contributed by atoms with Gasteiger partial charge in [-0.25, -0.2) is 0 Å². The smallest absolute Gasteiger partial charge is 0.294 e. The van der Waals surface area contributed by atoms with Gasteiger partial charge in [-0.2, -0.15) is 0 Å². The predicted molar refractivity (Wildman–Crippen MR) is 78.9 cm³/mol. The van der Waals surface area contributed by atoms with Crippen LogP contribution in [0, 0.1) is 13.7 Å². The van der Waals surface area contributed by atoms with Crippen molar-refractivity contribution < 1.29 is 9.72 Å². The second kappa shape index (κ2) is 5.40. The summed E-state index contributed by atoms with van der Waals surface area (Å²) in [4.78, 5) is 21.8. The van der Waals surface area contributed by atoms with E-state index in [1.165, 1.54) is 6.92 Å². The third kappa shape index (κ3) is 2.49. The van der Waals surface area contributed by atoms with Crippen LogP contribution in [0.3, 0.4) is 0 Å². The SMILES string of the molecule is CC(=O)c1c(Br)c(Br)c(Br)c([N+](=O)[O-])c1I. The number of hydrogen-bond acceptors (Lipinski definition) is 3. The van der Waals surface area contributed by atoms with E-state index in [1.807, 2.05) is 0 Å². The molecule has 0 spiro atoms. The third-order valence-electron chi connectivity index (χ3n) is 1.77. The van der Waals surface area contributed by atoms with Crippen molar-refractivity contribution in [1.82, 2.24) is 0 Å². The number of rotatable bonds is 2. The number of carbonyl (C=O) groups excluding carboxylic acids is 1. The molecule has 0 aliphatic carbocycles. The molecule has 0 aliphatic heterocycles. The zero-order valence-corrected chi connectivity index (χ0v) is 14.6. The maximum Gasteiger partial charge on any atom is 0.298 e. The number of Topliss-reactive ketones (excluding diaryl/α,β-unsaturated/α-hetero) is 1. The summed E-state index contributed by atoms with van der Waals surface area (Å²) < 4.78 is 1.61. The molecule has 16 heavy (non-hydrogen) atoms. The Morgan fingerprint density at radius 3 is 2.12 bits per heavy atom. The van der Waals surface area contributed by atoms with Crippen molar-refractivity contribution in [1.29, 1.82) is 0 Å². The van der Waals surface area contributed by atoms with Gasteiger partial charge in [0.25, 0.3) is 5.69 Å². The van der Waals surface area contributed by atoms with Crippen LogP contribution in [-0.2, 0) is 0 Å². The first-order valence-electron chi connectivity index (χ1n) is 3.80. The Morgan fingerprint density at radius 2 is 1.75 bits per heavy atom. The van der Waals surface area contributed by atoms with Crippen LogP contribution in [0.1, 0.15) is 17.3 Å². The number of nitro benzene ring substituents is 1. The molecule has 8 heteroatoms. The van der Waals surface area contributed by atoms with E-state index in [-0.39, 0.29) is 11.5 Å². The fraction of sp³-hybridized carbons (Fsp3) is 0.125. The van der Waals surface area contributed by atoms with Crippen LogP contribution in [-0.4, -0.2) is 10.7 Å². The number of ketones is 1. The maximum atomic E-state index is 11.4. The lowest BCUT2D eigenvalue weighted by atomic mass is 10.1. The minimum absolute atomic E-state index is 0.110. The minimum Gasteiger partial charge on any atom is -0.294 e. The van der Waals surface area contributed by atoms with Crippen LogP contribution >= 0.6 is 70.4 Å². The summed E-state index contributed by atoms with van der Waals surface area (Å²) in [5, 5.41) is 10.9. The molecule has 0 aliphatic rings. The average molecular weight is 528 g/mol. The summed E-state index contributed by atoms with van der Waals surface area (Å²) in [6.45, 7) is 1.37. The molecule has 1 rings (SSSR count). The van der Waals surface area contributed by atoms with E-state index in [2.05, 4.69) is 47.8 Å². The van der Waals surface area contributed by atoms with Crippen LogP contribution in [0.4, 0.5) is 5.69 Å². The summed E-state index contributed by atoms with van der Waals surface area (Å²) in [5.41, 5.74) is 0.197. The molecular formula is C8H3Br3INO3.